The molecule has 1 radical (unpaired) electrons. The predicted molar refractivity (Wildman–Crippen MR) is 74.1 cm³/mol. The number of amides is 1. The van der Waals surface area contributed by atoms with Gasteiger partial charge in [0, 0.05) is 31.5 Å². The van der Waals surface area contributed by atoms with Gasteiger partial charge in [0.05, 0.1) is 21.7 Å². The Morgan fingerprint density at radius 1 is 1.63 bits per heavy atom. The van der Waals surface area contributed by atoms with Gasteiger partial charge in [0.1, 0.15) is 0 Å². The number of rotatable bonds is 1. The number of pyridine rings is 1. The summed E-state index contributed by atoms with van der Waals surface area (Å²) in [5.74, 6) is 0. The van der Waals surface area contributed by atoms with Gasteiger partial charge in [-0.3, -0.25) is 4.57 Å². The molecule has 3 heterocycles. The fourth-order valence-corrected chi connectivity index (χ4v) is 2.95. The van der Waals surface area contributed by atoms with Gasteiger partial charge in [0.2, 0.25) is 0 Å². The monoisotopic (exact) mass is 323 g/mol. The average molecular weight is 324 g/mol. The van der Waals surface area contributed by atoms with Crippen LogP contribution in [0.4, 0.5) is 10.5 Å². The number of carbonyl (C=O) groups excluding carboxylic acids is 1. The maximum Gasteiger partial charge on any atom is 0.324 e. The molecule has 1 aliphatic heterocycles. The van der Waals surface area contributed by atoms with E-state index in [0.29, 0.717) is 12.2 Å². The van der Waals surface area contributed by atoms with E-state index >= 15 is 0 Å². The maximum absolute atomic E-state index is 11.3. The topological polar surface area (TPSA) is 84.4 Å². The lowest BCUT2D eigenvalue weighted by atomic mass is 10.2. The first kappa shape index (κ1) is 12.4. The van der Waals surface area contributed by atoms with Gasteiger partial charge in [-0.25, -0.2) is 9.78 Å². The van der Waals surface area contributed by atoms with E-state index in [1.165, 1.54) is 10.8 Å². The van der Waals surface area contributed by atoms with Crippen LogP contribution in [0.15, 0.2) is 16.9 Å². The van der Waals surface area contributed by atoms with Crippen molar-refractivity contribution in [3.05, 3.63) is 22.9 Å². The lowest BCUT2D eigenvalue weighted by molar-refractivity contribution is 0.198. The molecule has 1 fully saturated rings. The summed E-state index contributed by atoms with van der Waals surface area (Å²) < 4.78 is 2.07. The predicted octanol–water partition coefficient (Wildman–Crippen LogP) is 1.10. The number of aliphatic hydroxyl groups excluding tert-OH is 1. The minimum Gasteiger partial charge on any atom is -0.391 e. The van der Waals surface area contributed by atoms with Crippen molar-refractivity contribution in [2.45, 2.75) is 12.5 Å². The minimum atomic E-state index is -0.589. The van der Waals surface area contributed by atoms with E-state index in [1.54, 1.807) is 6.20 Å². The standard InChI is InChI=1S/C12H12BrN4O2/c13-9-5-15-11-8(2-4-17(11)12(14)19)10(9)16-3-1-7(18)6-16/h4-5,7,18H,1,3,6H2,(H2,14,19)/t7-/m1/s1. The molecule has 1 saturated heterocycles. The van der Waals surface area contributed by atoms with Crippen molar-refractivity contribution in [2.75, 3.05) is 18.0 Å². The van der Waals surface area contributed by atoms with Gasteiger partial charge in [-0.15, -0.1) is 0 Å². The third-order valence-electron chi connectivity index (χ3n) is 3.27. The molecule has 2 aromatic rings. The Balaban J connectivity index is 2.17. The van der Waals surface area contributed by atoms with Gasteiger partial charge >= 0.3 is 6.03 Å². The lowest BCUT2D eigenvalue weighted by Crippen LogP contribution is -2.22. The molecule has 3 rings (SSSR count). The molecular weight excluding hydrogens is 312 g/mol. The second-order valence-electron chi connectivity index (χ2n) is 4.52. The molecule has 0 aromatic carbocycles. The van der Waals surface area contributed by atoms with Crippen LogP contribution in [0.5, 0.6) is 0 Å². The molecule has 0 aliphatic carbocycles. The summed E-state index contributed by atoms with van der Waals surface area (Å²) in [5, 5.41) is 10.4. The van der Waals surface area contributed by atoms with E-state index in [4.69, 9.17) is 5.73 Å². The number of nitrogens with two attached hydrogens (primary N) is 1. The number of primary amides is 1. The van der Waals surface area contributed by atoms with E-state index in [-0.39, 0.29) is 6.10 Å². The van der Waals surface area contributed by atoms with Crippen LogP contribution in [0.2, 0.25) is 0 Å². The van der Waals surface area contributed by atoms with Crippen LogP contribution in [0.3, 0.4) is 0 Å². The molecule has 0 bridgehead atoms. The zero-order valence-corrected chi connectivity index (χ0v) is 11.6. The number of aliphatic hydroxyl groups is 1. The van der Waals surface area contributed by atoms with Crippen molar-refractivity contribution >= 4 is 38.7 Å². The molecule has 6 nitrogen and oxygen atoms in total. The second kappa shape index (κ2) is 4.50. The molecule has 2 aromatic heterocycles. The van der Waals surface area contributed by atoms with Gasteiger partial charge in [-0.1, -0.05) is 0 Å². The Kier molecular flexibility index (Phi) is 2.94. The largest absolute Gasteiger partial charge is 0.391 e. The third-order valence-corrected chi connectivity index (χ3v) is 3.85. The van der Waals surface area contributed by atoms with Crippen LogP contribution in [0.25, 0.3) is 11.0 Å². The van der Waals surface area contributed by atoms with Crippen molar-refractivity contribution in [3.63, 3.8) is 0 Å². The molecule has 1 aliphatic rings. The Morgan fingerprint density at radius 2 is 2.42 bits per heavy atom. The van der Waals surface area contributed by atoms with Gasteiger partial charge in [-0.2, -0.15) is 0 Å². The Bertz CT molecular complexity index is 654. The van der Waals surface area contributed by atoms with Crippen LogP contribution in [-0.2, 0) is 0 Å². The normalized spacial score (nSPS) is 19.3. The van der Waals surface area contributed by atoms with E-state index < -0.39 is 6.03 Å². The number of β-amino-alcohol motifs (C(OH)–C–C–N with tert-alkyl or cyclic N) is 1. The molecule has 3 N–H and O–H groups in total. The van der Waals surface area contributed by atoms with Crippen LogP contribution < -0.4 is 10.6 Å². The number of carbonyl (C=O) groups is 1. The van der Waals surface area contributed by atoms with Crippen LogP contribution in [0, 0.1) is 6.07 Å². The Labute approximate surface area is 117 Å². The van der Waals surface area contributed by atoms with Crippen molar-refractivity contribution in [3.8, 4) is 0 Å². The molecule has 0 saturated carbocycles. The highest BCUT2D eigenvalue weighted by Crippen LogP contribution is 2.35. The maximum atomic E-state index is 11.3. The summed E-state index contributed by atoms with van der Waals surface area (Å²) in [6.45, 7) is 1.32. The summed E-state index contributed by atoms with van der Waals surface area (Å²) >= 11 is 3.46. The highest BCUT2D eigenvalue weighted by atomic mass is 79.9. The first-order chi connectivity index (χ1) is 9.08. The zero-order valence-electron chi connectivity index (χ0n) is 10.0. The number of anilines is 1. The van der Waals surface area contributed by atoms with Crippen LogP contribution >= 0.6 is 15.9 Å². The van der Waals surface area contributed by atoms with Gasteiger partial charge in [-0.05, 0) is 22.4 Å². The average Bonchev–Trinajstić information content (AvgIpc) is 2.95. The van der Waals surface area contributed by atoms with Crippen LogP contribution in [-0.4, -0.2) is 39.9 Å². The number of hydrogen-bond donors (Lipinski definition) is 2. The Hall–Kier alpha value is -1.60. The molecule has 19 heavy (non-hydrogen) atoms. The van der Waals surface area contributed by atoms with E-state index in [9.17, 15) is 9.90 Å². The van der Waals surface area contributed by atoms with Gasteiger partial charge in [0.25, 0.3) is 0 Å². The number of fused-ring (bicyclic) bond motifs is 1. The number of aromatic nitrogens is 2. The van der Waals surface area contributed by atoms with Crippen molar-refractivity contribution in [1.82, 2.24) is 9.55 Å². The summed E-state index contributed by atoms with van der Waals surface area (Å²) in [6, 6.07) is 2.43. The quantitative estimate of drug-likeness (QED) is 0.823. The fraction of sp³-hybridized carbons (Fsp3) is 0.333. The van der Waals surface area contributed by atoms with E-state index in [1.807, 2.05) is 0 Å². The number of hydrogen-bond acceptors (Lipinski definition) is 4. The van der Waals surface area contributed by atoms with E-state index in [2.05, 4.69) is 31.9 Å². The highest BCUT2D eigenvalue weighted by molar-refractivity contribution is 9.10. The van der Waals surface area contributed by atoms with Gasteiger partial charge < -0.3 is 15.7 Å². The van der Waals surface area contributed by atoms with Crippen molar-refractivity contribution in [1.29, 1.82) is 0 Å². The lowest BCUT2D eigenvalue weighted by Gasteiger charge is -2.20. The fourth-order valence-electron chi connectivity index (χ4n) is 2.40. The summed E-state index contributed by atoms with van der Waals surface area (Å²) in [4.78, 5) is 17.6. The van der Waals surface area contributed by atoms with Crippen molar-refractivity contribution < 1.29 is 9.90 Å². The van der Waals surface area contributed by atoms with Crippen LogP contribution in [0.1, 0.15) is 6.42 Å². The zero-order chi connectivity index (χ0) is 13.6. The molecule has 0 unspecified atom stereocenters. The molecule has 99 valence electrons. The van der Waals surface area contributed by atoms with E-state index in [0.717, 1.165) is 28.5 Å². The summed E-state index contributed by atoms with van der Waals surface area (Å²) in [7, 11) is 0. The number of nitrogens with zero attached hydrogens (tertiary/aromatic N) is 3. The summed E-state index contributed by atoms with van der Waals surface area (Å²) in [6.07, 6.45) is 3.53. The minimum absolute atomic E-state index is 0.326. The molecule has 1 atom stereocenters. The molecular formula is C12H12BrN4O2. The first-order valence-corrected chi connectivity index (χ1v) is 6.67. The molecule has 1 amide bonds. The number of halogens is 1. The molecule has 7 heteroatoms. The first-order valence-electron chi connectivity index (χ1n) is 5.88. The third kappa shape index (κ3) is 1.98. The SMILES string of the molecule is NC(=O)n1c[c]c2c(N3CC[C@@H](O)C3)c(Br)cnc21. The Morgan fingerprint density at radius 3 is 3.05 bits per heavy atom. The second-order valence-corrected chi connectivity index (χ2v) is 5.38. The van der Waals surface area contributed by atoms with Gasteiger partial charge in [0.15, 0.2) is 5.65 Å². The molecule has 0 spiro atoms. The smallest absolute Gasteiger partial charge is 0.324 e. The summed E-state index contributed by atoms with van der Waals surface area (Å²) in [5.41, 5.74) is 6.66. The highest BCUT2D eigenvalue weighted by Gasteiger charge is 2.25. The van der Waals surface area contributed by atoms with Crippen molar-refractivity contribution in [2.24, 2.45) is 5.73 Å².